The van der Waals surface area contributed by atoms with Gasteiger partial charge in [0.1, 0.15) is 5.75 Å². The van der Waals surface area contributed by atoms with E-state index in [0.717, 1.165) is 10.8 Å². The van der Waals surface area contributed by atoms with Crippen LogP contribution < -0.4 is 10.1 Å². The number of aromatic carboxylic acids is 1. The van der Waals surface area contributed by atoms with Crippen molar-refractivity contribution in [3.8, 4) is 5.75 Å². The van der Waals surface area contributed by atoms with Crippen LogP contribution in [0.2, 0.25) is 0 Å². The highest BCUT2D eigenvalue weighted by molar-refractivity contribution is 6.10. The molecular weight excluding hydrogens is 222 g/mol. The van der Waals surface area contributed by atoms with E-state index in [1.54, 1.807) is 24.3 Å². The van der Waals surface area contributed by atoms with Crippen LogP contribution >= 0.6 is 0 Å². The fraction of sp³-hybridized carbons (Fsp3) is 0. The Morgan fingerprint density at radius 3 is 2.88 bits per heavy atom. The average Bonchev–Trinajstić information content (AvgIpc) is 2.28. The van der Waals surface area contributed by atoms with Gasteiger partial charge in [-0.05, 0) is 23.6 Å². The Hall–Kier alpha value is -2.56. The van der Waals surface area contributed by atoms with Gasteiger partial charge >= 0.3 is 12.1 Å². The van der Waals surface area contributed by atoms with Gasteiger partial charge in [0, 0.05) is 5.39 Å². The first-order valence-corrected chi connectivity index (χ1v) is 4.94. The average molecular weight is 229 g/mol. The third-order valence-electron chi connectivity index (χ3n) is 2.63. The summed E-state index contributed by atoms with van der Waals surface area (Å²) < 4.78 is 4.98. The van der Waals surface area contributed by atoms with E-state index in [9.17, 15) is 9.59 Å². The van der Waals surface area contributed by atoms with E-state index in [0.29, 0.717) is 5.69 Å². The van der Waals surface area contributed by atoms with Gasteiger partial charge in [-0.1, -0.05) is 12.1 Å². The van der Waals surface area contributed by atoms with Crippen molar-refractivity contribution in [1.29, 1.82) is 0 Å². The molecule has 5 nitrogen and oxygen atoms in total. The van der Waals surface area contributed by atoms with Gasteiger partial charge in [-0.25, -0.2) is 9.59 Å². The molecule has 3 rings (SSSR count). The Balaban J connectivity index is 2.39. The second kappa shape index (κ2) is 3.21. The summed E-state index contributed by atoms with van der Waals surface area (Å²) in [5.74, 6) is -0.776. The van der Waals surface area contributed by atoms with E-state index in [1.807, 2.05) is 0 Å². The predicted octanol–water partition coefficient (Wildman–Crippen LogP) is 2.46. The van der Waals surface area contributed by atoms with Crippen molar-refractivity contribution in [2.45, 2.75) is 0 Å². The SMILES string of the molecule is O=C1Nc2cccc3cc(C(=O)O)cc(c23)O1. The number of amides is 1. The number of rotatable bonds is 1. The molecule has 1 amide bonds. The quantitative estimate of drug-likeness (QED) is 0.787. The normalized spacial score (nSPS) is 13.1. The highest BCUT2D eigenvalue weighted by Crippen LogP contribution is 2.36. The number of ether oxygens (including phenoxy) is 1. The summed E-state index contributed by atoms with van der Waals surface area (Å²) in [6.45, 7) is 0. The number of nitrogens with one attached hydrogen (secondary N) is 1. The molecule has 0 fully saturated rings. The van der Waals surface area contributed by atoms with Crippen LogP contribution in [0.5, 0.6) is 5.75 Å². The Kier molecular flexibility index (Phi) is 1.82. The zero-order valence-electron chi connectivity index (χ0n) is 8.56. The highest BCUT2D eigenvalue weighted by Gasteiger charge is 2.20. The van der Waals surface area contributed by atoms with E-state index < -0.39 is 12.1 Å². The maximum atomic E-state index is 11.3. The summed E-state index contributed by atoms with van der Waals surface area (Å²) in [5.41, 5.74) is 0.727. The van der Waals surface area contributed by atoms with Gasteiger partial charge in [0.25, 0.3) is 0 Å². The lowest BCUT2D eigenvalue weighted by Gasteiger charge is -2.18. The fourth-order valence-corrected chi connectivity index (χ4v) is 1.93. The molecule has 1 heterocycles. The number of hydrogen-bond donors (Lipinski definition) is 2. The molecule has 0 saturated carbocycles. The molecule has 0 bridgehead atoms. The molecule has 84 valence electrons. The predicted molar refractivity (Wildman–Crippen MR) is 60.6 cm³/mol. The lowest BCUT2D eigenvalue weighted by Crippen LogP contribution is -2.21. The molecule has 1 aliphatic rings. The summed E-state index contributed by atoms with van der Waals surface area (Å²) >= 11 is 0. The minimum atomic E-state index is -1.05. The highest BCUT2D eigenvalue weighted by atomic mass is 16.6. The van der Waals surface area contributed by atoms with Crippen molar-refractivity contribution in [3.63, 3.8) is 0 Å². The lowest BCUT2D eigenvalue weighted by atomic mass is 10.0. The molecule has 0 spiro atoms. The molecule has 17 heavy (non-hydrogen) atoms. The lowest BCUT2D eigenvalue weighted by molar-refractivity contribution is 0.0696. The second-order valence-corrected chi connectivity index (χ2v) is 3.70. The smallest absolute Gasteiger partial charge is 0.417 e. The van der Waals surface area contributed by atoms with Gasteiger partial charge < -0.3 is 9.84 Å². The summed E-state index contributed by atoms with van der Waals surface area (Å²) in [5, 5.41) is 13.0. The molecule has 0 aliphatic carbocycles. The van der Waals surface area contributed by atoms with Crippen molar-refractivity contribution in [2.24, 2.45) is 0 Å². The number of carbonyl (C=O) groups is 2. The number of carboxylic acids is 1. The molecule has 1 aliphatic heterocycles. The topological polar surface area (TPSA) is 75.6 Å². The molecule has 0 atom stereocenters. The minimum absolute atomic E-state index is 0.0966. The summed E-state index contributed by atoms with van der Waals surface area (Å²) in [6, 6.07) is 8.17. The molecule has 5 heteroatoms. The minimum Gasteiger partial charge on any atom is -0.478 e. The molecule has 2 N–H and O–H groups in total. The first kappa shape index (κ1) is 9.65. The van der Waals surface area contributed by atoms with Gasteiger partial charge in [0.2, 0.25) is 0 Å². The van der Waals surface area contributed by atoms with E-state index >= 15 is 0 Å². The van der Waals surface area contributed by atoms with Crippen molar-refractivity contribution < 1.29 is 19.4 Å². The van der Waals surface area contributed by atoms with Gasteiger partial charge in [-0.2, -0.15) is 0 Å². The summed E-state index contributed by atoms with van der Waals surface area (Å²) in [4.78, 5) is 22.2. The standard InChI is InChI=1S/C12H7NO4/c14-11(15)7-4-6-2-1-3-8-10(6)9(5-7)17-12(16)13-8/h1-5H,(H,13,16)(H,14,15). The molecular formula is C12H7NO4. The fourth-order valence-electron chi connectivity index (χ4n) is 1.93. The van der Waals surface area contributed by atoms with E-state index in [2.05, 4.69) is 5.32 Å². The number of anilines is 1. The van der Waals surface area contributed by atoms with Crippen LogP contribution in [-0.4, -0.2) is 17.2 Å². The Labute approximate surface area is 95.6 Å². The van der Waals surface area contributed by atoms with E-state index in [1.165, 1.54) is 6.07 Å². The van der Waals surface area contributed by atoms with Gasteiger partial charge in [0.05, 0.1) is 11.3 Å². The molecule has 2 aromatic carbocycles. The van der Waals surface area contributed by atoms with E-state index in [4.69, 9.17) is 9.84 Å². The van der Waals surface area contributed by atoms with Crippen molar-refractivity contribution >= 4 is 28.5 Å². The van der Waals surface area contributed by atoms with Crippen LogP contribution in [0.15, 0.2) is 30.3 Å². The molecule has 2 aromatic rings. The van der Waals surface area contributed by atoms with Gasteiger partial charge in [-0.3, -0.25) is 5.32 Å². The van der Waals surface area contributed by atoms with Gasteiger partial charge in [0.15, 0.2) is 0 Å². The van der Waals surface area contributed by atoms with E-state index in [-0.39, 0.29) is 11.3 Å². The largest absolute Gasteiger partial charge is 0.478 e. The maximum absolute atomic E-state index is 11.3. The van der Waals surface area contributed by atoms with Crippen LogP contribution in [0.25, 0.3) is 10.8 Å². The maximum Gasteiger partial charge on any atom is 0.417 e. The van der Waals surface area contributed by atoms with Crippen molar-refractivity contribution in [1.82, 2.24) is 0 Å². The van der Waals surface area contributed by atoms with Crippen LogP contribution in [-0.2, 0) is 0 Å². The number of carboxylic acid groups (broad SMARTS) is 1. The first-order valence-electron chi connectivity index (χ1n) is 4.94. The first-order chi connectivity index (χ1) is 8.15. The third-order valence-corrected chi connectivity index (χ3v) is 2.63. The summed E-state index contributed by atoms with van der Waals surface area (Å²) in [6.07, 6.45) is -0.604. The monoisotopic (exact) mass is 229 g/mol. The zero-order valence-corrected chi connectivity index (χ0v) is 8.56. The van der Waals surface area contributed by atoms with Crippen LogP contribution in [0.1, 0.15) is 10.4 Å². The third kappa shape index (κ3) is 1.40. The number of benzene rings is 2. The van der Waals surface area contributed by atoms with Gasteiger partial charge in [-0.15, -0.1) is 0 Å². The van der Waals surface area contributed by atoms with Crippen LogP contribution in [0.3, 0.4) is 0 Å². The Bertz CT molecular complexity index is 663. The second-order valence-electron chi connectivity index (χ2n) is 3.70. The molecule has 0 saturated heterocycles. The zero-order chi connectivity index (χ0) is 12.0. The summed E-state index contributed by atoms with van der Waals surface area (Å²) in [7, 11) is 0. The van der Waals surface area contributed by atoms with Crippen LogP contribution in [0.4, 0.5) is 10.5 Å². The molecule has 0 unspecified atom stereocenters. The molecule has 0 aromatic heterocycles. The number of hydrogen-bond acceptors (Lipinski definition) is 3. The number of carbonyl (C=O) groups excluding carboxylic acids is 1. The molecule has 0 radical (unpaired) electrons. The van der Waals surface area contributed by atoms with Crippen LogP contribution in [0, 0.1) is 0 Å². The van der Waals surface area contributed by atoms with Crippen molar-refractivity contribution in [3.05, 3.63) is 35.9 Å². The van der Waals surface area contributed by atoms with Crippen molar-refractivity contribution in [2.75, 3.05) is 5.32 Å². The Morgan fingerprint density at radius 1 is 1.29 bits per heavy atom. The Morgan fingerprint density at radius 2 is 2.12 bits per heavy atom.